The second kappa shape index (κ2) is 1.42. The van der Waals surface area contributed by atoms with E-state index in [-0.39, 0.29) is 0 Å². The molecule has 0 aromatic carbocycles. The van der Waals surface area contributed by atoms with Crippen LogP contribution in [-0.4, -0.2) is 0 Å². The van der Waals surface area contributed by atoms with Crippen LogP contribution >= 0.6 is 0 Å². The van der Waals surface area contributed by atoms with Crippen molar-refractivity contribution < 1.29 is 0 Å². The molecule has 5 aliphatic carbocycles. The van der Waals surface area contributed by atoms with Crippen molar-refractivity contribution >= 4 is 0 Å². The van der Waals surface area contributed by atoms with E-state index in [4.69, 9.17) is 0 Å². The first-order valence-electron chi connectivity index (χ1n) is 6.26. The van der Waals surface area contributed by atoms with Gasteiger partial charge in [-0.1, -0.05) is 6.92 Å². The third-order valence-electron chi connectivity index (χ3n) is 7.18. The van der Waals surface area contributed by atoms with Crippen LogP contribution in [0.2, 0.25) is 0 Å². The molecule has 0 aromatic heterocycles. The Morgan fingerprint density at radius 1 is 1.15 bits per heavy atom. The molecule has 0 aliphatic heterocycles. The molecule has 0 spiro atoms. The highest BCUT2D eigenvalue weighted by Gasteiger charge is 2.88. The molecule has 7 unspecified atom stereocenters. The summed E-state index contributed by atoms with van der Waals surface area (Å²) in [7, 11) is 0. The molecule has 0 nitrogen and oxygen atoms in total. The SMILES string of the molecule is CC12CC13CC2C1C2CCC(C2)C13. The molecule has 0 radical (unpaired) electrons. The van der Waals surface area contributed by atoms with Crippen LogP contribution in [0, 0.1) is 40.4 Å². The topological polar surface area (TPSA) is 0 Å². The zero-order valence-corrected chi connectivity index (χ0v) is 8.42. The van der Waals surface area contributed by atoms with Gasteiger partial charge in [-0.15, -0.1) is 0 Å². The molecule has 13 heavy (non-hydrogen) atoms. The van der Waals surface area contributed by atoms with Gasteiger partial charge in [0.1, 0.15) is 0 Å². The Morgan fingerprint density at radius 2 is 2.00 bits per heavy atom. The van der Waals surface area contributed by atoms with E-state index in [0.29, 0.717) is 0 Å². The highest BCUT2D eigenvalue weighted by molar-refractivity contribution is 5.36. The fraction of sp³-hybridized carbons (Fsp3) is 1.00. The number of hydrogen-bond acceptors (Lipinski definition) is 0. The fourth-order valence-corrected chi connectivity index (χ4v) is 6.83. The summed E-state index contributed by atoms with van der Waals surface area (Å²) >= 11 is 0. The molecule has 0 heteroatoms. The molecule has 5 saturated carbocycles. The molecule has 0 amide bonds. The van der Waals surface area contributed by atoms with Crippen molar-refractivity contribution in [1.29, 1.82) is 0 Å². The quantitative estimate of drug-likeness (QED) is 0.529. The molecule has 0 aromatic rings. The molecule has 5 aliphatic rings. The Bertz CT molecular complexity index is 320. The summed E-state index contributed by atoms with van der Waals surface area (Å²) in [4.78, 5) is 0. The van der Waals surface area contributed by atoms with Crippen LogP contribution in [0.3, 0.4) is 0 Å². The molecule has 7 atom stereocenters. The van der Waals surface area contributed by atoms with Crippen molar-refractivity contribution in [3.05, 3.63) is 0 Å². The highest BCUT2D eigenvalue weighted by atomic mass is 14.9. The fourth-order valence-electron chi connectivity index (χ4n) is 6.83. The molecule has 0 N–H and O–H groups in total. The van der Waals surface area contributed by atoms with Gasteiger partial charge in [0.05, 0.1) is 0 Å². The first-order chi connectivity index (χ1) is 6.26. The maximum absolute atomic E-state index is 2.61. The Balaban J connectivity index is 1.72. The first-order valence-corrected chi connectivity index (χ1v) is 6.26. The first kappa shape index (κ1) is 6.48. The molecular weight excluding hydrogens is 156 g/mol. The lowest BCUT2D eigenvalue weighted by Crippen LogP contribution is -2.29. The van der Waals surface area contributed by atoms with Gasteiger partial charge in [0.25, 0.3) is 0 Å². The van der Waals surface area contributed by atoms with Crippen LogP contribution in [0.5, 0.6) is 0 Å². The van der Waals surface area contributed by atoms with Gasteiger partial charge in [-0.25, -0.2) is 0 Å². The van der Waals surface area contributed by atoms with Crippen molar-refractivity contribution in [3.8, 4) is 0 Å². The molecule has 0 saturated heterocycles. The third kappa shape index (κ3) is 0.397. The van der Waals surface area contributed by atoms with Gasteiger partial charge in [0, 0.05) is 0 Å². The summed E-state index contributed by atoms with van der Waals surface area (Å²) < 4.78 is 0. The zero-order valence-electron chi connectivity index (χ0n) is 8.42. The highest BCUT2D eigenvalue weighted by Crippen LogP contribution is 2.95. The summed E-state index contributed by atoms with van der Waals surface area (Å²) in [5.74, 6) is 6.07. The van der Waals surface area contributed by atoms with Crippen molar-refractivity contribution in [2.75, 3.05) is 0 Å². The zero-order chi connectivity index (χ0) is 8.42. The number of hydrogen-bond donors (Lipinski definition) is 0. The van der Waals surface area contributed by atoms with Crippen LogP contribution in [0.1, 0.15) is 39.0 Å². The molecule has 70 valence electrons. The molecule has 5 fully saturated rings. The lowest BCUT2D eigenvalue weighted by atomic mass is 9.69. The van der Waals surface area contributed by atoms with Crippen LogP contribution < -0.4 is 0 Å². The lowest BCUT2D eigenvalue weighted by molar-refractivity contribution is 0.126. The van der Waals surface area contributed by atoms with Gasteiger partial charge in [0.2, 0.25) is 0 Å². The monoisotopic (exact) mass is 174 g/mol. The van der Waals surface area contributed by atoms with Gasteiger partial charge in [0.15, 0.2) is 0 Å². The summed E-state index contributed by atoms with van der Waals surface area (Å²) in [6.07, 6.45) is 8.15. The minimum absolute atomic E-state index is 0.892. The van der Waals surface area contributed by atoms with Gasteiger partial charge < -0.3 is 0 Å². The average Bonchev–Trinajstić information content (AvgIpc) is 2.63. The van der Waals surface area contributed by atoms with Gasteiger partial charge in [-0.2, -0.15) is 0 Å². The van der Waals surface area contributed by atoms with Crippen LogP contribution in [0.4, 0.5) is 0 Å². The van der Waals surface area contributed by atoms with Gasteiger partial charge in [-0.05, 0) is 72.5 Å². The summed E-state index contributed by atoms with van der Waals surface area (Å²) in [5.41, 5.74) is 1.84. The molecule has 4 bridgehead atoms. The minimum atomic E-state index is 0.892. The normalized spacial score (nSPS) is 80.5. The van der Waals surface area contributed by atoms with Crippen molar-refractivity contribution in [2.24, 2.45) is 40.4 Å². The Labute approximate surface area is 80.1 Å². The van der Waals surface area contributed by atoms with Crippen LogP contribution in [0.15, 0.2) is 0 Å². The lowest BCUT2D eigenvalue weighted by Gasteiger charge is -2.35. The second-order valence-electron chi connectivity index (χ2n) is 7.00. The van der Waals surface area contributed by atoms with E-state index in [2.05, 4.69) is 6.92 Å². The predicted molar refractivity (Wildman–Crippen MR) is 51.1 cm³/mol. The Kier molecular flexibility index (Phi) is 0.707. The van der Waals surface area contributed by atoms with E-state index in [0.717, 1.165) is 10.8 Å². The number of fused-ring (bicyclic) bond motifs is 6. The van der Waals surface area contributed by atoms with E-state index in [9.17, 15) is 0 Å². The van der Waals surface area contributed by atoms with E-state index in [1.807, 2.05) is 0 Å². The van der Waals surface area contributed by atoms with Crippen molar-refractivity contribution in [1.82, 2.24) is 0 Å². The Morgan fingerprint density at radius 3 is 2.77 bits per heavy atom. The number of rotatable bonds is 0. The largest absolute Gasteiger partial charge is 0.0588 e. The molecule has 0 heterocycles. The van der Waals surface area contributed by atoms with E-state index < -0.39 is 0 Å². The summed E-state index contributed by atoms with van der Waals surface area (Å²) in [5, 5.41) is 0. The van der Waals surface area contributed by atoms with Crippen molar-refractivity contribution in [3.63, 3.8) is 0 Å². The predicted octanol–water partition coefficient (Wildman–Crippen LogP) is 3.08. The van der Waals surface area contributed by atoms with E-state index in [1.54, 1.807) is 32.1 Å². The third-order valence-corrected chi connectivity index (χ3v) is 7.18. The smallest absolute Gasteiger partial charge is 0.0198 e. The summed E-state index contributed by atoms with van der Waals surface area (Å²) in [6, 6.07) is 0. The standard InChI is InChI=1S/C13H18/c1-12-6-13(12)5-9(12)10-7-2-3-8(4-7)11(10)13/h7-11H,2-6H2,1H3. The Hall–Kier alpha value is 0. The average molecular weight is 174 g/mol. The maximum Gasteiger partial charge on any atom is -0.0198 e. The van der Waals surface area contributed by atoms with E-state index in [1.165, 1.54) is 29.6 Å². The second-order valence-corrected chi connectivity index (χ2v) is 7.00. The van der Waals surface area contributed by atoms with Crippen LogP contribution in [-0.2, 0) is 0 Å². The van der Waals surface area contributed by atoms with Crippen molar-refractivity contribution in [2.45, 2.75) is 39.0 Å². The van der Waals surface area contributed by atoms with Gasteiger partial charge in [-0.3, -0.25) is 0 Å². The van der Waals surface area contributed by atoms with E-state index >= 15 is 0 Å². The molecule has 5 rings (SSSR count). The van der Waals surface area contributed by atoms with Crippen LogP contribution in [0.25, 0.3) is 0 Å². The molecular formula is C13H18. The maximum atomic E-state index is 2.61. The summed E-state index contributed by atoms with van der Waals surface area (Å²) in [6.45, 7) is 2.61. The van der Waals surface area contributed by atoms with Gasteiger partial charge >= 0.3 is 0 Å². The minimum Gasteiger partial charge on any atom is -0.0588 e.